The number of carbonyl (C=O) groups excluding carboxylic acids is 1. The lowest BCUT2D eigenvalue weighted by molar-refractivity contribution is 0.0491. The molecule has 1 radical (unpaired) electrons. The normalized spacial score (nSPS) is 14.7. The van der Waals surface area contributed by atoms with Crippen molar-refractivity contribution in [3.05, 3.63) is 108 Å². The van der Waals surface area contributed by atoms with E-state index in [0.29, 0.717) is 6.42 Å². The van der Waals surface area contributed by atoms with Gasteiger partial charge in [-0.05, 0) is 84.8 Å². The standard InChI is InChI=1S/C38H48NO3Si/c1-37(2,3)35(42-43(7)8)33(25-27-17-19-29-13-9-11-15-31(29)23-27)21-22-34(39-36(40)41-38(4,5)6)26-28-18-20-30-14-10-12-16-32(30)24-28/h9-24,33-35H,25-26H2,1-8H3,(H,39,40)/t33?,34-,35?/m0/s1. The summed E-state index contributed by atoms with van der Waals surface area (Å²) in [5.41, 5.74) is 1.79. The van der Waals surface area contributed by atoms with Gasteiger partial charge < -0.3 is 14.5 Å². The number of ether oxygens (including phenoxy) is 1. The number of hydrogen-bond donors (Lipinski definition) is 1. The summed E-state index contributed by atoms with van der Waals surface area (Å²) >= 11 is 0. The highest BCUT2D eigenvalue weighted by Crippen LogP contribution is 2.33. The average molecular weight is 595 g/mol. The largest absolute Gasteiger partial charge is 0.444 e. The molecule has 0 saturated carbocycles. The maximum Gasteiger partial charge on any atom is 0.408 e. The molecule has 4 aromatic carbocycles. The van der Waals surface area contributed by atoms with Gasteiger partial charge in [-0.2, -0.15) is 0 Å². The van der Waals surface area contributed by atoms with E-state index in [4.69, 9.17) is 9.16 Å². The first kappa shape index (κ1) is 32.5. The van der Waals surface area contributed by atoms with Crippen molar-refractivity contribution in [3.8, 4) is 0 Å². The molecule has 0 fully saturated rings. The summed E-state index contributed by atoms with van der Waals surface area (Å²) in [5, 5.41) is 8.03. The number of nitrogens with one attached hydrogen (secondary N) is 1. The monoisotopic (exact) mass is 594 g/mol. The fraction of sp³-hybridized carbons (Fsp3) is 0.395. The van der Waals surface area contributed by atoms with Crippen molar-refractivity contribution in [2.75, 3.05) is 0 Å². The van der Waals surface area contributed by atoms with Gasteiger partial charge >= 0.3 is 6.09 Å². The molecular formula is C38H48NO3Si. The second-order valence-corrected chi connectivity index (χ2v) is 15.9. The van der Waals surface area contributed by atoms with Gasteiger partial charge in [-0.15, -0.1) is 0 Å². The van der Waals surface area contributed by atoms with E-state index in [-0.39, 0.29) is 23.5 Å². The Hall–Kier alpha value is -3.41. The number of rotatable bonds is 10. The Bertz CT molecular complexity index is 1550. The minimum absolute atomic E-state index is 0.0157. The molecule has 1 amide bonds. The molecule has 0 heterocycles. The van der Waals surface area contributed by atoms with Gasteiger partial charge in [-0.1, -0.05) is 118 Å². The van der Waals surface area contributed by atoms with Crippen molar-refractivity contribution < 1.29 is 14.0 Å². The third-order valence-corrected chi connectivity index (χ3v) is 8.18. The molecule has 0 aromatic heterocycles. The van der Waals surface area contributed by atoms with Gasteiger partial charge in [-0.3, -0.25) is 0 Å². The summed E-state index contributed by atoms with van der Waals surface area (Å²) in [4.78, 5) is 13.0. The molecule has 227 valence electrons. The van der Waals surface area contributed by atoms with Crippen molar-refractivity contribution in [2.45, 2.75) is 85.2 Å². The molecule has 4 rings (SSSR count). The van der Waals surface area contributed by atoms with Crippen LogP contribution >= 0.6 is 0 Å². The molecule has 1 N–H and O–H groups in total. The number of hydrogen-bond acceptors (Lipinski definition) is 3. The Labute approximate surface area is 260 Å². The lowest BCUT2D eigenvalue weighted by Crippen LogP contribution is -2.41. The smallest absolute Gasteiger partial charge is 0.408 e. The minimum Gasteiger partial charge on any atom is -0.444 e. The van der Waals surface area contributed by atoms with Crippen LogP contribution in [0.25, 0.3) is 21.5 Å². The molecular weight excluding hydrogens is 547 g/mol. The third kappa shape index (κ3) is 9.80. The van der Waals surface area contributed by atoms with Crippen molar-refractivity contribution in [3.63, 3.8) is 0 Å². The molecule has 0 spiro atoms. The Balaban J connectivity index is 1.68. The van der Waals surface area contributed by atoms with E-state index in [2.05, 4.69) is 136 Å². The second-order valence-electron chi connectivity index (χ2n) is 13.9. The maximum absolute atomic E-state index is 13.0. The van der Waals surface area contributed by atoms with Gasteiger partial charge in [0.2, 0.25) is 9.04 Å². The number of fused-ring (bicyclic) bond motifs is 2. The van der Waals surface area contributed by atoms with Gasteiger partial charge in [0.15, 0.2) is 0 Å². The van der Waals surface area contributed by atoms with Crippen LogP contribution in [0.3, 0.4) is 0 Å². The van der Waals surface area contributed by atoms with E-state index < -0.39 is 20.7 Å². The van der Waals surface area contributed by atoms with E-state index in [9.17, 15) is 4.79 Å². The Morgan fingerprint density at radius 2 is 1.26 bits per heavy atom. The summed E-state index contributed by atoms with van der Waals surface area (Å²) in [6.07, 6.45) is 5.53. The number of carbonyl (C=O) groups is 1. The van der Waals surface area contributed by atoms with Crippen LogP contribution in [-0.4, -0.2) is 32.9 Å². The predicted octanol–water partition coefficient (Wildman–Crippen LogP) is 9.53. The highest BCUT2D eigenvalue weighted by atomic mass is 28.3. The van der Waals surface area contributed by atoms with Crippen molar-refractivity contribution in [1.82, 2.24) is 5.32 Å². The number of amides is 1. The Kier molecular flexibility index (Phi) is 10.5. The van der Waals surface area contributed by atoms with Gasteiger partial charge in [0.1, 0.15) is 5.60 Å². The van der Waals surface area contributed by atoms with Crippen LogP contribution in [0.2, 0.25) is 13.1 Å². The first-order valence-corrected chi connectivity index (χ1v) is 17.8. The first-order chi connectivity index (χ1) is 20.3. The highest BCUT2D eigenvalue weighted by Gasteiger charge is 2.33. The van der Waals surface area contributed by atoms with Crippen molar-refractivity contribution in [2.24, 2.45) is 11.3 Å². The van der Waals surface area contributed by atoms with Crippen LogP contribution in [0.1, 0.15) is 52.7 Å². The average Bonchev–Trinajstić information content (AvgIpc) is 2.92. The minimum atomic E-state index is -0.955. The van der Waals surface area contributed by atoms with Crippen LogP contribution in [0.4, 0.5) is 4.79 Å². The molecule has 0 aliphatic carbocycles. The van der Waals surface area contributed by atoms with Crippen molar-refractivity contribution >= 4 is 36.7 Å². The van der Waals surface area contributed by atoms with Gasteiger partial charge in [0.25, 0.3) is 0 Å². The highest BCUT2D eigenvalue weighted by molar-refractivity contribution is 6.48. The fourth-order valence-electron chi connectivity index (χ4n) is 5.60. The van der Waals surface area contributed by atoms with E-state index in [1.165, 1.54) is 27.1 Å². The third-order valence-electron chi connectivity index (χ3n) is 7.45. The summed E-state index contributed by atoms with van der Waals surface area (Å²) < 4.78 is 12.4. The molecule has 0 aliphatic rings. The zero-order valence-corrected chi connectivity index (χ0v) is 28.1. The molecule has 0 aliphatic heterocycles. The predicted molar refractivity (Wildman–Crippen MR) is 183 cm³/mol. The molecule has 4 nitrogen and oxygen atoms in total. The molecule has 0 bridgehead atoms. The number of alkyl carbamates (subject to hydrolysis) is 1. The van der Waals surface area contributed by atoms with Crippen molar-refractivity contribution in [1.29, 1.82) is 0 Å². The van der Waals surface area contributed by atoms with Gasteiger partial charge in [0.05, 0.1) is 12.1 Å². The summed E-state index contributed by atoms with van der Waals surface area (Å²) in [5.74, 6) is 0.112. The maximum atomic E-state index is 13.0. The lowest BCUT2D eigenvalue weighted by Gasteiger charge is -2.37. The van der Waals surface area contributed by atoms with Crippen LogP contribution in [-0.2, 0) is 22.0 Å². The molecule has 3 atom stereocenters. The fourth-order valence-corrected chi connectivity index (χ4v) is 6.63. The zero-order chi connectivity index (χ0) is 31.2. The van der Waals surface area contributed by atoms with Crippen LogP contribution in [0.5, 0.6) is 0 Å². The van der Waals surface area contributed by atoms with E-state index in [1.807, 2.05) is 20.8 Å². The molecule has 0 saturated heterocycles. The molecule has 2 unspecified atom stereocenters. The molecule has 43 heavy (non-hydrogen) atoms. The van der Waals surface area contributed by atoms with Gasteiger partial charge in [-0.25, -0.2) is 4.79 Å². The Morgan fingerprint density at radius 1 is 0.744 bits per heavy atom. The van der Waals surface area contributed by atoms with E-state index in [1.54, 1.807) is 0 Å². The summed E-state index contributed by atoms with van der Waals surface area (Å²) in [6, 6.07) is 29.9. The summed E-state index contributed by atoms with van der Waals surface area (Å²) in [6.45, 7) is 16.8. The van der Waals surface area contributed by atoms with Crippen LogP contribution < -0.4 is 5.32 Å². The van der Waals surface area contributed by atoms with Crippen LogP contribution in [0.15, 0.2) is 97.1 Å². The van der Waals surface area contributed by atoms with E-state index in [0.717, 1.165) is 12.0 Å². The second kappa shape index (κ2) is 13.9. The SMILES string of the molecule is C[Si](C)OC(C(C=C[C@@H](Cc1ccc2ccccc2c1)NC(=O)OC(C)(C)C)Cc1ccc2ccccc2c1)C(C)(C)C. The topological polar surface area (TPSA) is 47.6 Å². The molecule has 4 aromatic rings. The van der Waals surface area contributed by atoms with Crippen LogP contribution in [0, 0.1) is 11.3 Å². The van der Waals surface area contributed by atoms with E-state index >= 15 is 0 Å². The Morgan fingerprint density at radius 3 is 1.74 bits per heavy atom. The quantitative estimate of drug-likeness (QED) is 0.147. The number of benzene rings is 4. The van der Waals surface area contributed by atoms with Gasteiger partial charge in [0, 0.05) is 5.92 Å². The molecule has 5 heteroatoms. The first-order valence-electron chi connectivity index (χ1n) is 15.4. The lowest BCUT2D eigenvalue weighted by atomic mass is 9.78. The zero-order valence-electron chi connectivity index (χ0n) is 27.1. The summed E-state index contributed by atoms with van der Waals surface area (Å²) in [7, 11) is -0.955.